The Morgan fingerprint density at radius 2 is 2.03 bits per heavy atom. The van der Waals surface area contributed by atoms with Crippen molar-refractivity contribution in [3.05, 3.63) is 59.2 Å². The van der Waals surface area contributed by atoms with Crippen LogP contribution in [0.3, 0.4) is 0 Å². The Bertz CT molecular complexity index is 1390. The fourth-order valence-electron chi connectivity index (χ4n) is 5.04. The quantitative estimate of drug-likeness (QED) is 0.469. The third kappa shape index (κ3) is 5.27. The maximum atomic E-state index is 14.9. The van der Waals surface area contributed by atoms with Crippen LogP contribution in [-0.2, 0) is 4.79 Å². The summed E-state index contributed by atoms with van der Waals surface area (Å²) in [6.07, 6.45) is 2.15. The van der Waals surface area contributed by atoms with Crippen molar-refractivity contribution in [2.45, 2.75) is 57.9 Å². The molecule has 3 aromatic rings. The number of anilines is 1. The van der Waals surface area contributed by atoms with Crippen LogP contribution in [0.4, 0.5) is 19.0 Å². The molecule has 11 heteroatoms. The number of nitrogens with zero attached hydrogens (tertiary/aromatic N) is 5. The van der Waals surface area contributed by atoms with E-state index in [1.807, 2.05) is 18.4 Å². The number of alkyl halides is 2. The van der Waals surface area contributed by atoms with Crippen LogP contribution in [0.5, 0.6) is 0 Å². The van der Waals surface area contributed by atoms with E-state index < -0.39 is 24.2 Å². The van der Waals surface area contributed by atoms with Crippen LogP contribution in [0.25, 0.3) is 11.5 Å². The second kappa shape index (κ2) is 9.85. The number of hydrogen-bond donors (Lipinski definition) is 1. The minimum Gasteiger partial charge on any atom is -0.336 e. The number of nitrogens with one attached hydrogen (secondary N) is 1. The van der Waals surface area contributed by atoms with Crippen molar-refractivity contribution in [2.75, 3.05) is 18.4 Å². The Hall–Kier alpha value is -3.76. The maximum Gasteiger partial charge on any atom is 0.267 e. The Morgan fingerprint density at radius 1 is 1.24 bits per heavy atom. The van der Waals surface area contributed by atoms with E-state index in [0.29, 0.717) is 23.5 Å². The number of pyridine rings is 1. The van der Waals surface area contributed by atoms with Gasteiger partial charge >= 0.3 is 0 Å². The van der Waals surface area contributed by atoms with Gasteiger partial charge in [0, 0.05) is 25.4 Å². The minimum absolute atomic E-state index is 0.0200. The van der Waals surface area contributed by atoms with E-state index in [4.69, 9.17) is 0 Å². The van der Waals surface area contributed by atoms with Crippen molar-refractivity contribution >= 4 is 17.6 Å². The van der Waals surface area contributed by atoms with Gasteiger partial charge in [0.25, 0.3) is 11.8 Å². The number of benzene rings is 1. The van der Waals surface area contributed by atoms with Gasteiger partial charge in [-0.05, 0) is 74.4 Å². The van der Waals surface area contributed by atoms with Crippen molar-refractivity contribution in [2.24, 2.45) is 5.92 Å². The smallest absolute Gasteiger partial charge is 0.267 e. The molecule has 0 radical (unpaired) electrons. The van der Waals surface area contributed by atoms with Gasteiger partial charge in [-0.3, -0.25) is 9.59 Å². The zero-order chi connectivity index (χ0) is 27.2. The molecule has 2 aromatic heterocycles. The number of rotatable bonds is 7. The van der Waals surface area contributed by atoms with E-state index in [1.165, 1.54) is 17.0 Å². The van der Waals surface area contributed by atoms with Gasteiger partial charge in [-0.15, -0.1) is 10.2 Å². The highest BCUT2D eigenvalue weighted by Crippen LogP contribution is 2.51. The molecule has 1 aliphatic carbocycles. The second-order valence-corrected chi connectivity index (χ2v) is 10.4. The van der Waals surface area contributed by atoms with E-state index in [-0.39, 0.29) is 54.6 Å². The first kappa shape index (κ1) is 25.9. The van der Waals surface area contributed by atoms with Crippen LogP contribution in [0, 0.1) is 18.7 Å². The van der Waals surface area contributed by atoms with E-state index >= 15 is 0 Å². The van der Waals surface area contributed by atoms with Crippen LogP contribution in [0.2, 0.25) is 0 Å². The van der Waals surface area contributed by atoms with Gasteiger partial charge in [-0.25, -0.2) is 18.2 Å². The number of carbonyl (C=O) groups excluding carboxylic acids is 2. The Balaban J connectivity index is 1.29. The predicted octanol–water partition coefficient (Wildman–Crippen LogP) is 4.98. The van der Waals surface area contributed by atoms with Gasteiger partial charge in [-0.1, -0.05) is 6.07 Å². The largest absolute Gasteiger partial charge is 0.336 e. The summed E-state index contributed by atoms with van der Waals surface area (Å²) in [7, 11) is 0. The lowest BCUT2D eigenvalue weighted by molar-refractivity contribution is -0.132. The highest BCUT2D eigenvalue weighted by Gasteiger charge is 2.45. The topological polar surface area (TPSA) is 93.0 Å². The standard InChI is InChI=1S/C27H29F3N6O2/c1-15(2)36-14-31-34-25(36)22-5-4-6-23(32-22)33-26(38)20-12-18(16(3)9-21(20)28)19-10-17(19)11-24(37)35-8-7-27(29,30)13-35/h4-6,9,12,14-15,17,19H,7-8,10-11,13H2,1-3H3,(H,32,33,38). The summed E-state index contributed by atoms with van der Waals surface area (Å²) in [5.74, 6) is -3.68. The zero-order valence-electron chi connectivity index (χ0n) is 21.4. The molecule has 1 aromatic carbocycles. The van der Waals surface area contributed by atoms with E-state index in [9.17, 15) is 22.8 Å². The number of amides is 2. The summed E-state index contributed by atoms with van der Waals surface area (Å²) < 4.78 is 43.7. The third-order valence-corrected chi connectivity index (χ3v) is 7.23. The van der Waals surface area contributed by atoms with Crippen LogP contribution in [-0.4, -0.2) is 55.5 Å². The summed E-state index contributed by atoms with van der Waals surface area (Å²) >= 11 is 0. The summed E-state index contributed by atoms with van der Waals surface area (Å²) in [5.41, 5.74) is 1.85. The lowest BCUT2D eigenvalue weighted by Gasteiger charge is -2.16. The van der Waals surface area contributed by atoms with Gasteiger partial charge < -0.3 is 14.8 Å². The normalized spacial score (nSPS) is 20.1. The first-order valence-corrected chi connectivity index (χ1v) is 12.7. The molecular weight excluding hydrogens is 497 g/mol. The number of halogens is 3. The molecule has 2 amide bonds. The van der Waals surface area contributed by atoms with Gasteiger partial charge in [0.1, 0.15) is 23.7 Å². The van der Waals surface area contributed by atoms with Gasteiger partial charge in [-0.2, -0.15) is 0 Å². The Kier molecular flexibility index (Phi) is 6.70. The summed E-state index contributed by atoms with van der Waals surface area (Å²) in [4.78, 5) is 31.2. The average molecular weight is 527 g/mol. The maximum absolute atomic E-state index is 14.9. The summed E-state index contributed by atoms with van der Waals surface area (Å²) in [5, 5.41) is 10.7. The first-order valence-electron chi connectivity index (χ1n) is 12.7. The minimum atomic E-state index is -2.82. The molecule has 2 atom stereocenters. The lowest BCUT2D eigenvalue weighted by Crippen LogP contribution is -2.31. The van der Waals surface area contributed by atoms with Crippen LogP contribution < -0.4 is 5.32 Å². The highest BCUT2D eigenvalue weighted by atomic mass is 19.3. The Labute approximate surface area is 218 Å². The highest BCUT2D eigenvalue weighted by molar-refractivity contribution is 6.04. The molecule has 2 aliphatic rings. The lowest BCUT2D eigenvalue weighted by atomic mass is 9.98. The van der Waals surface area contributed by atoms with Crippen molar-refractivity contribution in [3.8, 4) is 11.5 Å². The third-order valence-electron chi connectivity index (χ3n) is 7.23. The summed E-state index contributed by atoms with van der Waals surface area (Å²) in [6, 6.07) is 8.03. The van der Waals surface area contributed by atoms with E-state index in [0.717, 1.165) is 5.56 Å². The predicted molar refractivity (Wildman–Crippen MR) is 134 cm³/mol. The number of aromatic nitrogens is 4. The molecule has 1 saturated carbocycles. The molecule has 2 fully saturated rings. The number of carbonyl (C=O) groups is 2. The van der Waals surface area contributed by atoms with Crippen molar-refractivity contribution in [1.29, 1.82) is 0 Å². The van der Waals surface area contributed by atoms with Gasteiger partial charge in [0.05, 0.1) is 12.1 Å². The van der Waals surface area contributed by atoms with Crippen LogP contribution in [0.15, 0.2) is 36.7 Å². The first-order chi connectivity index (χ1) is 18.0. The Morgan fingerprint density at radius 3 is 2.74 bits per heavy atom. The average Bonchev–Trinajstić information content (AvgIpc) is 3.24. The molecule has 0 bridgehead atoms. The fourth-order valence-corrected chi connectivity index (χ4v) is 5.04. The molecular formula is C27H29F3N6O2. The van der Waals surface area contributed by atoms with Gasteiger partial charge in [0.15, 0.2) is 5.82 Å². The molecule has 5 rings (SSSR count). The molecule has 1 N–H and O–H groups in total. The molecule has 0 spiro atoms. The second-order valence-electron chi connectivity index (χ2n) is 10.4. The SMILES string of the molecule is Cc1cc(F)c(C(=O)Nc2cccc(-c3nncn3C(C)C)n2)cc1C1CC1CC(=O)N1CCC(F)(F)C1. The number of likely N-dealkylation sites (tertiary alicyclic amines) is 1. The molecule has 1 saturated heterocycles. The van der Waals surface area contributed by atoms with Crippen molar-refractivity contribution < 1.29 is 22.8 Å². The fraction of sp³-hybridized carbons (Fsp3) is 0.444. The van der Waals surface area contributed by atoms with Crippen LogP contribution >= 0.6 is 0 Å². The molecule has 38 heavy (non-hydrogen) atoms. The van der Waals surface area contributed by atoms with E-state index in [2.05, 4.69) is 20.5 Å². The molecule has 8 nitrogen and oxygen atoms in total. The molecule has 1 aliphatic heterocycles. The number of hydrogen-bond acceptors (Lipinski definition) is 5. The molecule has 200 valence electrons. The van der Waals surface area contributed by atoms with E-state index in [1.54, 1.807) is 31.5 Å². The van der Waals surface area contributed by atoms with Crippen molar-refractivity contribution in [3.63, 3.8) is 0 Å². The molecule has 2 unspecified atom stereocenters. The zero-order valence-corrected chi connectivity index (χ0v) is 21.4. The van der Waals surface area contributed by atoms with Crippen molar-refractivity contribution in [1.82, 2.24) is 24.6 Å². The number of aryl methyl sites for hydroxylation is 1. The monoisotopic (exact) mass is 526 g/mol. The summed E-state index contributed by atoms with van der Waals surface area (Å²) in [6.45, 7) is 5.26. The van der Waals surface area contributed by atoms with Crippen LogP contribution in [0.1, 0.15) is 66.6 Å². The van der Waals surface area contributed by atoms with Gasteiger partial charge in [0.2, 0.25) is 5.91 Å². The molecule has 3 heterocycles.